The number of carbonyl (C=O) groups excluding carboxylic acids is 2. The van der Waals surface area contributed by atoms with E-state index in [0.29, 0.717) is 11.3 Å². The zero-order chi connectivity index (χ0) is 17.4. The van der Waals surface area contributed by atoms with Gasteiger partial charge in [-0.3, -0.25) is 9.59 Å². The Morgan fingerprint density at radius 3 is 2.58 bits per heavy atom. The quantitative estimate of drug-likeness (QED) is 0.482. The molecule has 0 fully saturated rings. The summed E-state index contributed by atoms with van der Waals surface area (Å²) in [6.45, 7) is 1.24. The number of rotatable bonds is 7. The first kappa shape index (κ1) is 17.2. The van der Waals surface area contributed by atoms with Crippen LogP contribution in [0.1, 0.15) is 22.8 Å². The minimum Gasteiger partial charge on any atom is -0.497 e. The second-order valence-corrected chi connectivity index (χ2v) is 4.97. The summed E-state index contributed by atoms with van der Waals surface area (Å²) in [5.74, 6) is 0.328. The van der Waals surface area contributed by atoms with Crippen LogP contribution in [-0.2, 0) is 9.63 Å². The topological polar surface area (TPSA) is 77.0 Å². The van der Waals surface area contributed by atoms with Gasteiger partial charge < -0.3 is 14.9 Å². The maximum atomic E-state index is 11.8. The van der Waals surface area contributed by atoms with E-state index in [9.17, 15) is 9.59 Å². The number of Topliss-reactive ketones (excluding diaryl/α,β-unsaturated/α-hetero) is 1. The number of nitrogens with one attached hydrogen (secondary N) is 1. The number of hydrogen-bond donors (Lipinski definition) is 1. The molecular formula is C18H18N2O4. The molecule has 6 nitrogen and oxygen atoms in total. The summed E-state index contributed by atoms with van der Waals surface area (Å²) in [6.07, 6.45) is 1.50. The van der Waals surface area contributed by atoms with Gasteiger partial charge in [0.25, 0.3) is 5.91 Å². The van der Waals surface area contributed by atoms with Crippen LogP contribution in [0.5, 0.6) is 5.75 Å². The Hall–Kier alpha value is -3.15. The van der Waals surface area contributed by atoms with Crippen molar-refractivity contribution in [3.63, 3.8) is 0 Å². The Morgan fingerprint density at radius 1 is 1.17 bits per heavy atom. The van der Waals surface area contributed by atoms with Gasteiger partial charge in [-0.1, -0.05) is 17.3 Å². The minimum atomic E-state index is -0.359. The second-order valence-electron chi connectivity index (χ2n) is 4.97. The number of carbonyl (C=O) groups is 2. The summed E-state index contributed by atoms with van der Waals surface area (Å²) in [5.41, 5.74) is 1.90. The van der Waals surface area contributed by atoms with Crippen molar-refractivity contribution in [1.29, 1.82) is 0 Å². The maximum absolute atomic E-state index is 11.8. The van der Waals surface area contributed by atoms with Crippen LogP contribution >= 0.6 is 0 Å². The molecule has 24 heavy (non-hydrogen) atoms. The number of anilines is 1. The highest BCUT2D eigenvalue weighted by Gasteiger charge is 2.05. The van der Waals surface area contributed by atoms with Crippen molar-refractivity contribution in [2.24, 2.45) is 5.16 Å². The summed E-state index contributed by atoms with van der Waals surface area (Å²) in [6, 6.07) is 13.9. The van der Waals surface area contributed by atoms with Gasteiger partial charge in [-0.15, -0.1) is 0 Å². The molecule has 0 saturated heterocycles. The Morgan fingerprint density at radius 2 is 1.92 bits per heavy atom. The molecule has 0 saturated carbocycles. The fourth-order valence-corrected chi connectivity index (χ4v) is 1.90. The molecule has 0 atom stereocenters. The third kappa shape index (κ3) is 5.24. The standard InChI is InChI=1S/C18H18N2O4/c1-13(21)15-4-3-5-16(10-15)20-18(22)12-24-19-11-14-6-8-17(23-2)9-7-14/h3-11H,12H2,1-2H3,(H,20,22)/b19-11-. The molecular weight excluding hydrogens is 308 g/mol. The lowest BCUT2D eigenvalue weighted by Gasteiger charge is -2.05. The van der Waals surface area contributed by atoms with Crippen LogP contribution < -0.4 is 10.1 Å². The van der Waals surface area contributed by atoms with Gasteiger partial charge in [-0.05, 0) is 48.9 Å². The molecule has 0 bridgehead atoms. The van der Waals surface area contributed by atoms with Gasteiger partial charge in [0.05, 0.1) is 13.3 Å². The average Bonchev–Trinajstić information content (AvgIpc) is 2.59. The van der Waals surface area contributed by atoms with Crippen LogP contribution in [0, 0.1) is 0 Å². The molecule has 0 unspecified atom stereocenters. The number of ether oxygens (including phenoxy) is 1. The number of nitrogens with zero attached hydrogens (tertiary/aromatic N) is 1. The number of methoxy groups -OCH3 is 1. The molecule has 124 valence electrons. The molecule has 0 aromatic heterocycles. The van der Waals surface area contributed by atoms with Gasteiger partial charge >= 0.3 is 0 Å². The highest BCUT2D eigenvalue weighted by molar-refractivity contribution is 5.97. The zero-order valence-electron chi connectivity index (χ0n) is 13.5. The number of amides is 1. The van der Waals surface area contributed by atoms with Gasteiger partial charge in [-0.25, -0.2) is 0 Å². The van der Waals surface area contributed by atoms with E-state index in [2.05, 4.69) is 10.5 Å². The lowest BCUT2D eigenvalue weighted by atomic mass is 10.1. The highest BCUT2D eigenvalue weighted by Crippen LogP contribution is 2.11. The summed E-state index contributed by atoms with van der Waals surface area (Å²) in [7, 11) is 1.59. The Labute approximate surface area is 140 Å². The molecule has 1 amide bonds. The SMILES string of the molecule is COc1ccc(/C=N\OCC(=O)Nc2cccc(C(C)=O)c2)cc1. The van der Waals surface area contributed by atoms with E-state index in [1.807, 2.05) is 12.1 Å². The first-order valence-electron chi connectivity index (χ1n) is 7.29. The molecule has 2 aromatic rings. The molecule has 1 N–H and O–H groups in total. The third-order valence-electron chi connectivity index (χ3n) is 3.14. The Balaban J connectivity index is 1.81. The average molecular weight is 326 g/mol. The largest absolute Gasteiger partial charge is 0.497 e. The minimum absolute atomic E-state index is 0.0635. The summed E-state index contributed by atoms with van der Waals surface area (Å²) >= 11 is 0. The predicted octanol–water partition coefficient (Wildman–Crippen LogP) is 2.89. The highest BCUT2D eigenvalue weighted by atomic mass is 16.6. The summed E-state index contributed by atoms with van der Waals surface area (Å²) in [5, 5.41) is 6.39. The number of ketones is 1. The number of benzene rings is 2. The van der Waals surface area contributed by atoms with Crippen LogP contribution in [0.3, 0.4) is 0 Å². The van der Waals surface area contributed by atoms with Crippen molar-refractivity contribution >= 4 is 23.6 Å². The monoisotopic (exact) mass is 326 g/mol. The molecule has 6 heteroatoms. The van der Waals surface area contributed by atoms with E-state index in [1.165, 1.54) is 13.1 Å². The van der Waals surface area contributed by atoms with E-state index in [1.54, 1.807) is 43.5 Å². The van der Waals surface area contributed by atoms with Crippen LogP contribution in [0.2, 0.25) is 0 Å². The fraction of sp³-hybridized carbons (Fsp3) is 0.167. The molecule has 0 aliphatic rings. The molecule has 2 aromatic carbocycles. The lowest BCUT2D eigenvalue weighted by Crippen LogP contribution is -2.17. The number of oxime groups is 1. The molecule has 0 heterocycles. The lowest BCUT2D eigenvalue weighted by molar-refractivity contribution is -0.120. The van der Waals surface area contributed by atoms with Crippen molar-refractivity contribution in [2.75, 3.05) is 19.0 Å². The summed E-state index contributed by atoms with van der Waals surface area (Å²) < 4.78 is 5.06. The Bertz CT molecular complexity index is 739. The van der Waals surface area contributed by atoms with Crippen molar-refractivity contribution in [3.8, 4) is 5.75 Å². The van der Waals surface area contributed by atoms with Gasteiger partial charge in [0, 0.05) is 11.3 Å². The molecule has 0 spiro atoms. The van der Waals surface area contributed by atoms with Crippen molar-refractivity contribution < 1.29 is 19.2 Å². The van der Waals surface area contributed by atoms with Crippen LogP contribution in [0.4, 0.5) is 5.69 Å². The van der Waals surface area contributed by atoms with E-state index in [4.69, 9.17) is 9.57 Å². The number of hydrogen-bond acceptors (Lipinski definition) is 5. The second kappa shape index (κ2) is 8.47. The van der Waals surface area contributed by atoms with E-state index in [-0.39, 0.29) is 18.3 Å². The van der Waals surface area contributed by atoms with Crippen molar-refractivity contribution in [3.05, 3.63) is 59.7 Å². The van der Waals surface area contributed by atoms with Crippen molar-refractivity contribution in [1.82, 2.24) is 0 Å². The fourth-order valence-electron chi connectivity index (χ4n) is 1.90. The van der Waals surface area contributed by atoms with E-state index < -0.39 is 0 Å². The molecule has 0 radical (unpaired) electrons. The predicted molar refractivity (Wildman–Crippen MR) is 91.6 cm³/mol. The van der Waals surface area contributed by atoms with Gasteiger partial charge in [0.15, 0.2) is 12.4 Å². The Kier molecular flexibility index (Phi) is 6.08. The van der Waals surface area contributed by atoms with E-state index >= 15 is 0 Å². The third-order valence-corrected chi connectivity index (χ3v) is 3.14. The van der Waals surface area contributed by atoms with Crippen LogP contribution in [-0.4, -0.2) is 31.6 Å². The van der Waals surface area contributed by atoms with Gasteiger partial charge in [-0.2, -0.15) is 0 Å². The maximum Gasteiger partial charge on any atom is 0.265 e. The zero-order valence-corrected chi connectivity index (χ0v) is 13.5. The molecule has 0 aliphatic heterocycles. The van der Waals surface area contributed by atoms with Crippen LogP contribution in [0.25, 0.3) is 0 Å². The summed E-state index contributed by atoms with van der Waals surface area (Å²) in [4.78, 5) is 28.0. The molecule has 0 aliphatic carbocycles. The first-order chi connectivity index (χ1) is 11.6. The molecule has 2 rings (SSSR count). The van der Waals surface area contributed by atoms with Gasteiger partial charge in [0.1, 0.15) is 5.75 Å². The van der Waals surface area contributed by atoms with Gasteiger partial charge in [0.2, 0.25) is 0 Å². The van der Waals surface area contributed by atoms with Crippen molar-refractivity contribution in [2.45, 2.75) is 6.92 Å². The smallest absolute Gasteiger partial charge is 0.265 e. The van der Waals surface area contributed by atoms with Crippen LogP contribution in [0.15, 0.2) is 53.7 Å². The first-order valence-corrected chi connectivity index (χ1v) is 7.29. The van der Waals surface area contributed by atoms with E-state index in [0.717, 1.165) is 11.3 Å². The normalized spacial score (nSPS) is 10.4.